The highest BCUT2D eigenvalue weighted by molar-refractivity contribution is 5.75. The number of nitrogens with one attached hydrogen (secondary N) is 1. The molecular formula is C20H24N2O4. The summed E-state index contributed by atoms with van der Waals surface area (Å²) in [6, 6.07) is 17.4. The maximum Gasteiger partial charge on any atom is 0.317 e. The number of rotatable bonds is 8. The molecule has 0 aliphatic rings. The fourth-order valence-corrected chi connectivity index (χ4v) is 2.47. The third kappa shape index (κ3) is 5.51. The van der Waals surface area contributed by atoms with Crippen LogP contribution in [0, 0.1) is 5.92 Å². The number of nitrogens with zero attached hydrogens (tertiary/aromatic N) is 1. The first kappa shape index (κ1) is 19.3. The maximum atomic E-state index is 12.0. The van der Waals surface area contributed by atoms with Crippen LogP contribution in [0.3, 0.4) is 0 Å². The smallest absolute Gasteiger partial charge is 0.317 e. The molecular weight excluding hydrogens is 332 g/mol. The van der Waals surface area contributed by atoms with Gasteiger partial charge in [0.25, 0.3) is 0 Å². The number of amides is 2. The van der Waals surface area contributed by atoms with Gasteiger partial charge in [-0.3, -0.25) is 4.79 Å². The number of para-hydroxylation sites is 1. The van der Waals surface area contributed by atoms with Crippen LogP contribution < -0.4 is 10.1 Å². The second-order valence-electron chi connectivity index (χ2n) is 6.06. The van der Waals surface area contributed by atoms with Crippen molar-refractivity contribution in [2.75, 3.05) is 26.7 Å². The van der Waals surface area contributed by atoms with Gasteiger partial charge in [-0.1, -0.05) is 55.5 Å². The first-order chi connectivity index (χ1) is 12.5. The number of aliphatic carboxylic acids is 1. The number of hydrogen-bond acceptors (Lipinski definition) is 3. The number of carboxylic acids is 1. The Morgan fingerprint density at radius 1 is 1.12 bits per heavy atom. The predicted molar refractivity (Wildman–Crippen MR) is 100 cm³/mol. The first-order valence-electron chi connectivity index (χ1n) is 8.48. The molecule has 138 valence electrons. The Balaban J connectivity index is 1.84. The van der Waals surface area contributed by atoms with E-state index in [-0.39, 0.29) is 12.6 Å². The van der Waals surface area contributed by atoms with E-state index < -0.39 is 11.9 Å². The fraction of sp³-hybridized carbons (Fsp3) is 0.300. The van der Waals surface area contributed by atoms with E-state index in [1.165, 1.54) is 4.90 Å². The molecule has 2 rings (SSSR count). The summed E-state index contributed by atoms with van der Waals surface area (Å²) in [7, 11) is 1.57. The largest absolute Gasteiger partial charge is 0.491 e. The summed E-state index contributed by atoms with van der Waals surface area (Å²) >= 11 is 0. The summed E-state index contributed by atoms with van der Waals surface area (Å²) < 4.78 is 5.81. The molecule has 0 saturated heterocycles. The third-order valence-electron chi connectivity index (χ3n) is 3.92. The average Bonchev–Trinajstić information content (AvgIpc) is 2.65. The monoisotopic (exact) mass is 356 g/mol. The Bertz CT molecular complexity index is 734. The highest BCUT2D eigenvalue weighted by atomic mass is 16.5. The Hall–Kier alpha value is -3.02. The van der Waals surface area contributed by atoms with Gasteiger partial charge in [-0.05, 0) is 11.6 Å². The second-order valence-corrected chi connectivity index (χ2v) is 6.06. The number of carbonyl (C=O) groups excluding carboxylic acids is 1. The molecule has 0 fully saturated rings. The molecule has 0 saturated carbocycles. The first-order valence-corrected chi connectivity index (χ1v) is 8.48. The molecule has 2 aromatic rings. The van der Waals surface area contributed by atoms with E-state index >= 15 is 0 Å². The lowest BCUT2D eigenvalue weighted by molar-refractivity contribution is -0.141. The van der Waals surface area contributed by atoms with Gasteiger partial charge < -0.3 is 20.1 Å². The molecule has 0 radical (unpaired) electrons. The lowest BCUT2D eigenvalue weighted by Gasteiger charge is -2.20. The van der Waals surface area contributed by atoms with Crippen molar-refractivity contribution >= 4 is 12.0 Å². The van der Waals surface area contributed by atoms with E-state index in [2.05, 4.69) is 5.32 Å². The third-order valence-corrected chi connectivity index (χ3v) is 3.92. The highest BCUT2D eigenvalue weighted by Crippen LogP contribution is 2.29. The minimum absolute atomic E-state index is 0.152. The molecule has 2 aromatic carbocycles. The number of ether oxygens (including phenoxy) is 1. The molecule has 2 N–H and O–H groups in total. The zero-order valence-corrected chi connectivity index (χ0v) is 15.0. The van der Waals surface area contributed by atoms with E-state index in [0.29, 0.717) is 13.2 Å². The van der Waals surface area contributed by atoms with Crippen molar-refractivity contribution in [3.05, 3.63) is 54.6 Å². The van der Waals surface area contributed by atoms with Gasteiger partial charge >= 0.3 is 12.0 Å². The minimum Gasteiger partial charge on any atom is -0.491 e. The summed E-state index contributed by atoms with van der Waals surface area (Å²) in [4.78, 5) is 24.2. The Labute approximate surface area is 153 Å². The van der Waals surface area contributed by atoms with Crippen LogP contribution >= 0.6 is 0 Å². The molecule has 0 aliphatic carbocycles. The average molecular weight is 356 g/mol. The van der Waals surface area contributed by atoms with Crippen molar-refractivity contribution in [3.63, 3.8) is 0 Å². The van der Waals surface area contributed by atoms with Crippen molar-refractivity contribution in [1.29, 1.82) is 0 Å². The van der Waals surface area contributed by atoms with Crippen LogP contribution in [0.1, 0.15) is 6.92 Å². The summed E-state index contributed by atoms with van der Waals surface area (Å²) in [6.07, 6.45) is 0. The summed E-state index contributed by atoms with van der Waals surface area (Å²) in [6.45, 7) is 2.36. The predicted octanol–water partition coefficient (Wildman–Crippen LogP) is 3.09. The second kappa shape index (κ2) is 9.46. The van der Waals surface area contributed by atoms with Crippen LogP contribution in [0.5, 0.6) is 5.75 Å². The Kier molecular flexibility index (Phi) is 7.02. The zero-order valence-electron chi connectivity index (χ0n) is 15.0. The molecule has 0 spiro atoms. The van der Waals surface area contributed by atoms with E-state index in [1.807, 2.05) is 54.6 Å². The summed E-state index contributed by atoms with van der Waals surface area (Å²) in [5, 5.41) is 11.6. The van der Waals surface area contributed by atoms with Gasteiger partial charge in [0.15, 0.2) is 0 Å². The van der Waals surface area contributed by atoms with Crippen LogP contribution in [-0.4, -0.2) is 48.8 Å². The van der Waals surface area contributed by atoms with E-state index in [9.17, 15) is 9.59 Å². The molecule has 0 aromatic heterocycles. The zero-order chi connectivity index (χ0) is 18.9. The van der Waals surface area contributed by atoms with Crippen molar-refractivity contribution in [2.45, 2.75) is 6.92 Å². The molecule has 1 atom stereocenters. The van der Waals surface area contributed by atoms with E-state index in [4.69, 9.17) is 9.84 Å². The molecule has 26 heavy (non-hydrogen) atoms. The topological polar surface area (TPSA) is 78.9 Å². The van der Waals surface area contributed by atoms with Gasteiger partial charge in [-0.2, -0.15) is 0 Å². The fourth-order valence-electron chi connectivity index (χ4n) is 2.47. The highest BCUT2D eigenvalue weighted by Gasteiger charge is 2.17. The van der Waals surface area contributed by atoms with Gasteiger partial charge in [-0.25, -0.2) is 4.79 Å². The number of benzene rings is 2. The Morgan fingerprint density at radius 2 is 1.77 bits per heavy atom. The van der Waals surface area contributed by atoms with Crippen molar-refractivity contribution in [2.24, 2.45) is 5.92 Å². The van der Waals surface area contributed by atoms with Gasteiger partial charge in [0, 0.05) is 19.2 Å². The summed E-state index contributed by atoms with van der Waals surface area (Å²) in [5.41, 5.74) is 2.06. The van der Waals surface area contributed by atoms with Crippen LogP contribution in [-0.2, 0) is 4.79 Å². The van der Waals surface area contributed by atoms with Crippen molar-refractivity contribution in [1.82, 2.24) is 10.2 Å². The SMILES string of the molecule is CC(CN(C)C(=O)NCCOc1ccccc1-c1ccccc1)C(=O)O. The molecule has 0 heterocycles. The van der Waals surface area contributed by atoms with Crippen molar-refractivity contribution < 1.29 is 19.4 Å². The quantitative estimate of drug-likeness (QED) is 0.713. The normalized spacial score (nSPS) is 11.5. The van der Waals surface area contributed by atoms with Gasteiger partial charge in [0.05, 0.1) is 12.5 Å². The maximum absolute atomic E-state index is 12.0. The summed E-state index contributed by atoms with van der Waals surface area (Å²) in [5.74, 6) is -0.786. The lowest BCUT2D eigenvalue weighted by atomic mass is 10.1. The van der Waals surface area contributed by atoms with Gasteiger partial charge in [-0.15, -0.1) is 0 Å². The number of carbonyl (C=O) groups is 2. The number of urea groups is 1. The van der Waals surface area contributed by atoms with Crippen LogP contribution in [0.25, 0.3) is 11.1 Å². The molecule has 6 heteroatoms. The molecule has 0 bridgehead atoms. The Morgan fingerprint density at radius 3 is 2.46 bits per heavy atom. The molecule has 1 unspecified atom stereocenters. The lowest BCUT2D eigenvalue weighted by Crippen LogP contribution is -2.42. The van der Waals surface area contributed by atoms with Crippen molar-refractivity contribution in [3.8, 4) is 16.9 Å². The van der Waals surface area contributed by atoms with Crippen LogP contribution in [0.15, 0.2) is 54.6 Å². The minimum atomic E-state index is -0.925. The van der Waals surface area contributed by atoms with Gasteiger partial charge in [0.1, 0.15) is 12.4 Å². The molecule has 2 amide bonds. The molecule has 0 aliphatic heterocycles. The van der Waals surface area contributed by atoms with E-state index in [0.717, 1.165) is 16.9 Å². The van der Waals surface area contributed by atoms with E-state index in [1.54, 1.807) is 14.0 Å². The number of hydrogen-bond donors (Lipinski definition) is 2. The van der Waals surface area contributed by atoms with Crippen LogP contribution in [0.2, 0.25) is 0 Å². The standard InChI is InChI=1S/C20H24N2O4/c1-15(19(23)24)14-22(2)20(25)21-12-13-26-18-11-7-6-10-17(18)16-8-4-3-5-9-16/h3-11,15H,12-14H2,1-2H3,(H,21,25)(H,23,24). The number of carboxylic acid groups (broad SMARTS) is 1. The van der Waals surface area contributed by atoms with Crippen LogP contribution in [0.4, 0.5) is 4.79 Å². The van der Waals surface area contributed by atoms with Gasteiger partial charge in [0.2, 0.25) is 0 Å². The molecule has 6 nitrogen and oxygen atoms in total.